The highest BCUT2D eigenvalue weighted by atomic mass is 16.4. The zero-order chi connectivity index (χ0) is 39.0. The molecule has 1 saturated heterocycles. The smallest absolute Gasteiger partial charge is 0.320 e. The third-order valence-electron chi connectivity index (χ3n) is 9.73. The number of hydrogen-bond acceptors (Lipinski definition) is 13. The molecule has 4 atom stereocenters. The zero-order valence-electron chi connectivity index (χ0n) is 31.2. The van der Waals surface area contributed by atoms with Crippen LogP contribution in [0.3, 0.4) is 0 Å². The maximum atomic E-state index is 12.5. The Hall–Kier alpha value is -3.72. The van der Waals surface area contributed by atoms with E-state index in [-0.39, 0.29) is 89.2 Å². The minimum absolute atomic E-state index is 0.00371. The van der Waals surface area contributed by atoms with Crippen molar-refractivity contribution in [1.29, 1.82) is 0 Å². The van der Waals surface area contributed by atoms with E-state index in [2.05, 4.69) is 18.0 Å². The summed E-state index contributed by atoms with van der Waals surface area (Å²) in [6.45, 7) is 3.83. The number of carbonyl (C=O) groups is 6. The molecular formula is C38H59N5O10-2. The Bertz CT molecular complexity index is 1270. The van der Waals surface area contributed by atoms with Crippen LogP contribution in [0, 0.1) is 11.8 Å². The van der Waals surface area contributed by atoms with E-state index >= 15 is 0 Å². The predicted octanol–water partition coefficient (Wildman–Crippen LogP) is -1.16. The van der Waals surface area contributed by atoms with E-state index in [0.717, 1.165) is 32.0 Å². The Kier molecular flexibility index (Phi) is 22.4. The van der Waals surface area contributed by atoms with Crippen LogP contribution in [0.5, 0.6) is 0 Å². The number of Topliss-reactive ketones (excluding diaryl/α,β-unsaturated/α-hetero) is 1. The van der Waals surface area contributed by atoms with Crippen molar-refractivity contribution >= 4 is 35.9 Å². The summed E-state index contributed by atoms with van der Waals surface area (Å²) in [7, 11) is 0. The van der Waals surface area contributed by atoms with Gasteiger partial charge in [-0.05, 0) is 50.7 Å². The topological polar surface area (TPSA) is 214 Å². The number of aldehydes is 1. The number of unbranched alkanes of at least 4 members (excludes halogenated alkanes) is 4. The highest BCUT2D eigenvalue weighted by Gasteiger charge is 2.38. The van der Waals surface area contributed by atoms with Crippen molar-refractivity contribution in [3.8, 4) is 0 Å². The van der Waals surface area contributed by atoms with Crippen molar-refractivity contribution in [2.75, 3.05) is 78.5 Å². The molecule has 298 valence electrons. The van der Waals surface area contributed by atoms with Crippen LogP contribution < -0.4 is 15.5 Å². The van der Waals surface area contributed by atoms with Crippen molar-refractivity contribution < 1.29 is 49.2 Å². The molecular weight excluding hydrogens is 686 g/mol. The lowest BCUT2D eigenvalue weighted by atomic mass is 9.93. The van der Waals surface area contributed by atoms with Crippen LogP contribution in [0.25, 0.3) is 0 Å². The molecule has 1 aliphatic carbocycles. The van der Waals surface area contributed by atoms with Gasteiger partial charge in [-0.25, -0.2) is 0 Å². The van der Waals surface area contributed by atoms with Gasteiger partial charge in [0.1, 0.15) is 18.1 Å². The standard InChI is InChI=1S/C38H61N5O10/c1-2-3-4-5-8-12-30-31(34(46)27-33(30)45)13-9-6-7-10-15-35(47)39-16-11-14-32(38(52)53)43-23-21-40(25-26-44)17-18-41(28-36(48)49)19-20-42(22-24-43)29-37(50)51/h6,8,12-13,26,30-33,45H,2-5,7,10-11,14-25,27-29H2,1H3,(H,39,47)(H,48,49)(H,50,51)(H,52,53)/p-2/b12-8+/t9?,30-,31+,32?,33+/m0/s1. The van der Waals surface area contributed by atoms with E-state index < -0.39 is 42.5 Å². The molecule has 1 aliphatic heterocycles. The van der Waals surface area contributed by atoms with Crippen molar-refractivity contribution in [1.82, 2.24) is 24.9 Å². The van der Waals surface area contributed by atoms with E-state index in [1.165, 1.54) is 0 Å². The van der Waals surface area contributed by atoms with Gasteiger partial charge in [-0.3, -0.25) is 34.0 Å². The predicted molar refractivity (Wildman–Crippen MR) is 193 cm³/mol. The molecule has 15 nitrogen and oxygen atoms in total. The van der Waals surface area contributed by atoms with E-state index in [1.54, 1.807) is 26.9 Å². The summed E-state index contributed by atoms with van der Waals surface area (Å²) in [4.78, 5) is 78.2. The molecule has 2 fully saturated rings. The molecule has 0 bridgehead atoms. The van der Waals surface area contributed by atoms with Crippen molar-refractivity contribution in [3.63, 3.8) is 0 Å². The molecule has 15 heteroatoms. The van der Waals surface area contributed by atoms with Crippen LogP contribution in [-0.4, -0.2) is 156 Å². The van der Waals surface area contributed by atoms with Gasteiger partial charge >= 0.3 is 5.97 Å². The van der Waals surface area contributed by atoms with Gasteiger partial charge in [-0.15, -0.1) is 5.73 Å². The molecule has 0 aromatic carbocycles. The number of aliphatic hydroxyl groups is 1. The SMILES string of the molecule is CCCCC/C=C/[C@@H]1[C@H](O)CC(=O)[C@@H]1C=C=CCCCC(=O)NCCCC(C(=O)O)N1CCN(CC=O)CCN(CC(=O)[O-])CCN(CC(=O)[O-])CC1. The summed E-state index contributed by atoms with van der Waals surface area (Å²) in [5, 5.41) is 46.0. The molecule has 0 radical (unpaired) electrons. The van der Waals surface area contributed by atoms with E-state index in [9.17, 15) is 49.2 Å². The number of nitrogens with one attached hydrogen (secondary N) is 1. The normalized spacial score (nSPS) is 22.0. The fourth-order valence-electron chi connectivity index (χ4n) is 6.68. The molecule has 1 unspecified atom stereocenters. The largest absolute Gasteiger partial charge is 0.549 e. The Morgan fingerprint density at radius 2 is 1.53 bits per heavy atom. The average Bonchev–Trinajstić information content (AvgIpc) is 3.36. The van der Waals surface area contributed by atoms with Gasteiger partial charge in [0.2, 0.25) is 5.91 Å². The Morgan fingerprint density at radius 3 is 2.13 bits per heavy atom. The van der Waals surface area contributed by atoms with Crippen LogP contribution in [0.15, 0.2) is 30.0 Å². The number of aliphatic carboxylic acids is 3. The highest BCUT2D eigenvalue weighted by molar-refractivity contribution is 5.86. The van der Waals surface area contributed by atoms with Gasteiger partial charge in [0.15, 0.2) is 0 Å². The minimum Gasteiger partial charge on any atom is -0.549 e. The number of aliphatic hydroxyl groups excluding tert-OH is 1. The van der Waals surface area contributed by atoms with Crippen LogP contribution in [0.4, 0.5) is 0 Å². The summed E-state index contributed by atoms with van der Waals surface area (Å²) in [5.41, 5.74) is 3.06. The Labute approximate surface area is 313 Å². The first kappa shape index (κ1) is 45.4. The second-order valence-electron chi connectivity index (χ2n) is 13.8. The quantitative estimate of drug-likeness (QED) is 0.0517. The molecule has 0 aromatic rings. The molecule has 53 heavy (non-hydrogen) atoms. The lowest BCUT2D eigenvalue weighted by molar-refractivity contribution is -0.308. The van der Waals surface area contributed by atoms with Gasteiger partial charge < -0.3 is 40.1 Å². The lowest BCUT2D eigenvalue weighted by Crippen LogP contribution is -2.52. The number of ketones is 1. The van der Waals surface area contributed by atoms with Crippen molar-refractivity contribution in [2.45, 2.75) is 83.3 Å². The summed E-state index contributed by atoms with van der Waals surface area (Å²) >= 11 is 0. The van der Waals surface area contributed by atoms with Gasteiger partial charge in [0.05, 0.1) is 30.5 Å². The molecule has 0 aromatic heterocycles. The van der Waals surface area contributed by atoms with E-state index in [0.29, 0.717) is 38.9 Å². The van der Waals surface area contributed by atoms with Gasteiger partial charge in [0.25, 0.3) is 0 Å². The van der Waals surface area contributed by atoms with Crippen LogP contribution in [0.2, 0.25) is 0 Å². The minimum atomic E-state index is -1.30. The van der Waals surface area contributed by atoms with Gasteiger partial charge in [0, 0.05) is 90.8 Å². The van der Waals surface area contributed by atoms with Crippen molar-refractivity contribution in [3.05, 3.63) is 30.0 Å². The summed E-state index contributed by atoms with van der Waals surface area (Å²) < 4.78 is 0. The zero-order valence-corrected chi connectivity index (χ0v) is 31.2. The average molecular weight is 746 g/mol. The summed E-state index contributed by atoms with van der Waals surface area (Å²) in [5.74, 6) is -4.46. The molecule has 1 heterocycles. The second kappa shape index (κ2) is 26.1. The molecule has 3 N–H and O–H groups in total. The van der Waals surface area contributed by atoms with Crippen LogP contribution >= 0.6 is 0 Å². The molecule has 2 rings (SSSR count). The van der Waals surface area contributed by atoms with Crippen molar-refractivity contribution in [2.24, 2.45) is 11.8 Å². The summed E-state index contributed by atoms with van der Waals surface area (Å²) in [6.07, 6.45) is 14.0. The molecule has 1 saturated carbocycles. The monoisotopic (exact) mass is 745 g/mol. The third kappa shape index (κ3) is 18.7. The number of carboxylic acids is 3. The Morgan fingerprint density at radius 1 is 0.906 bits per heavy atom. The van der Waals surface area contributed by atoms with E-state index in [4.69, 9.17) is 0 Å². The lowest BCUT2D eigenvalue weighted by Gasteiger charge is -2.36. The fraction of sp³-hybridized carbons (Fsp3) is 0.711. The van der Waals surface area contributed by atoms with E-state index in [1.807, 2.05) is 17.1 Å². The van der Waals surface area contributed by atoms with Crippen LogP contribution in [-0.2, 0) is 28.8 Å². The second-order valence-corrected chi connectivity index (χ2v) is 13.8. The van der Waals surface area contributed by atoms with Gasteiger partial charge in [-0.1, -0.05) is 31.9 Å². The number of nitrogens with zero attached hydrogens (tertiary/aromatic N) is 4. The number of rotatable bonds is 22. The van der Waals surface area contributed by atoms with Crippen LogP contribution in [0.1, 0.15) is 71.1 Å². The maximum absolute atomic E-state index is 12.5. The number of carbonyl (C=O) groups excluding carboxylic acids is 5. The first-order valence-corrected chi connectivity index (χ1v) is 19.0. The first-order valence-electron chi connectivity index (χ1n) is 19.0. The molecule has 2 aliphatic rings. The number of hydrogen-bond donors (Lipinski definition) is 3. The summed E-state index contributed by atoms with van der Waals surface area (Å²) in [6, 6.07) is -0.923. The molecule has 0 spiro atoms. The first-order chi connectivity index (χ1) is 25.4. The highest BCUT2D eigenvalue weighted by Crippen LogP contribution is 2.31. The number of allylic oxidation sites excluding steroid dienone is 2. The maximum Gasteiger partial charge on any atom is 0.320 e. The number of carboxylic acid groups (broad SMARTS) is 3. The third-order valence-corrected chi connectivity index (χ3v) is 9.73. The fourth-order valence-corrected chi connectivity index (χ4v) is 6.68. The van der Waals surface area contributed by atoms with Gasteiger partial charge in [-0.2, -0.15) is 0 Å². The Balaban J connectivity index is 1.88. The molecule has 1 amide bonds. The number of amides is 1.